The molecule has 7 heteroatoms. The number of aliphatic hydroxyl groups is 1. The standard InChI is InChI=1S/C24H33F3N2O2/c1-7-22(5,6)17-12-13-19-18(14-17)23(31,24(25,26)27)29(28-19)20(30)15-8-10-16(11-9-15)21(2,3)4/h8-11,17-18,31H,7,12-14H2,1-6H3/t17-,18-,23-/m1/s1. The molecule has 0 saturated heterocycles. The molecule has 1 fully saturated rings. The molecule has 4 nitrogen and oxygen atoms in total. The first-order valence-corrected chi connectivity index (χ1v) is 10.9. The molecular formula is C24H33F3N2O2. The third kappa shape index (κ3) is 4.01. The molecule has 0 radical (unpaired) electrons. The molecule has 0 aromatic heterocycles. The quantitative estimate of drug-likeness (QED) is 0.639. The Bertz CT molecular complexity index is 868. The van der Waals surface area contributed by atoms with E-state index in [9.17, 15) is 23.1 Å². The van der Waals surface area contributed by atoms with Gasteiger partial charge in [0.25, 0.3) is 11.6 Å². The van der Waals surface area contributed by atoms with Crippen LogP contribution in [0.15, 0.2) is 29.4 Å². The van der Waals surface area contributed by atoms with Gasteiger partial charge < -0.3 is 5.11 Å². The van der Waals surface area contributed by atoms with Crippen LogP contribution in [0.4, 0.5) is 13.2 Å². The highest BCUT2D eigenvalue weighted by Gasteiger charge is 2.69. The molecule has 3 rings (SSSR count). The number of nitrogens with zero attached hydrogens (tertiary/aromatic N) is 2. The maximum atomic E-state index is 14.3. The molecule has 31 heavy (non-hydrogen) atoms. The minimum Gasteiger partial charge on any atom is -0.362 e. The summed E-state index contributed by atoms with van der Waals surface area (Å²) < 4.78 is 42.8. The third-order valence-corrected chi connectivity index (χ3v) is 7.33. The molecule has 1 aromatic carbocycles. The number of benzene rings is 1. The van der Waals surface area contributed by atoms with Gasteiger partial charge in [-0.2, -0.15) is 23.3 Å². The molecule has 0 spiro atoms. The lowest BCUT2D eigenvalue weighted by molar-refractivity contribution is -0.314. The highest BCUT2D eigenvalue weighted by Crippen LogP contribution is 2.52. The van der Waals surface area contributed by atoms with Crippen molar-refractivity contribution in [3.8, 4) is 0 Å². The molecule has 1 amide bonds. The summed E-state index contributed by atoms with van der Waals surface area (Å²) in [6.07, 6.45) is -3.00. The summed E-state index contributed by atoms with van der Waals surface area (Å²) in [7, 11) is 0. The minimum absolute atomic E-state index is 0.0106. The Morgan fingerprint density at radius 3 is 2.23 bits per heavy atom. The van der Waals surface area contributed by atoms with Crippen molar-refractivity contribution in [2.45, 2.75) is 84.5 Å². The molecule has 0 unspecified atom stereocenters. The molecular weight excluding hydrogens is 405 g/mol. The molecule has 1 saturated carbocycles. The number of amides is 1. The highest BCUT2D eigenvalue weighted by molar-refractivity contribution is 5.99. The van der Waals surface area contributed by atoms with Gasteiger partial charge in [0, 0.05) is 11.3 Å². The number of hydrazone groups is 1. The summed E-state index contributed by atoms with van der Waals surface area (Å²) >= 11 is 0. The summed E-state index contributed by atoms with van der Waals surface area (Å²) in [5.41, 5.74) is -2.34. The van der Waals surface area contributed by atoms with E-state index < -0.39 is 23.7 Å². The van der Waals surface area contributed by atoms with Crippen molar-refractivity contribution in [2.75, 3.05) is 0 Å². The molecule has 1 aliphatic carbocycles. The van der Waals surface area contributed by atoms with Crippen LogP contribution < -0.4 is 0 Å². The second-order valence-electron chi connectivity index (χ2n) is 10.6. The highest BCUT2D eigenvalue weighted by atomic mass is 19.4. The van der Waals surface area contributed by atoms with E-state index >= 15 is 0 Å². The molecule has 1 aliphatic heterocycles. The molecule has 1 N–H and O–H groups in total. The number of fused-ring (bicyclic) bond motifs is 1. The maximum Gasteiger partial charge on any atom is 0.439 e. The second kappa shape index (κ2) is 7.61. The van der Waals surface area contributed by atoms with Crippen molar-refractivity contribution < 1.29 is 23.1 Å². The Balaban J connectivity index is 1.97. The van der Waals surface area contributed by atoms with Gasteiger partial charge in [0.1, 0.15) is 0 Å². The fourth-order valence-electron chi connectivity index (χ4n) is 4.65. The summed E-state index contributed by atoms with van der Waals surface area (Å²) in [5.74, 6) is -2.17. The van der Waals surface area contributed by atoms with Crippen LogP contribution in [0.5, 0.6) is 0 Å². The topological polar surface area (TPSA) is 52.9 Å². The number of halogens is 3. The fourth-order valence-corrected chi connectivity index (χ4v) is 4.65. The Morgan fingerprint density at radius 1 is 1.16 bits per heavy atom. The lowest BCUT2D eigenvalue weighted by atomic mass is 9.64. The summed E-state index contributed by atoms with van der Waals surface area (Å²) in [4.78, 5) is 13.1. The van der Waals surface area contributed by atoms with Gasteiger partial charge in [0.05, 0.1) is 5.92 Å². The van der Waals surface area contributed by atoms with Crippen molar-refractivity contribution in [1.82, 2.24) is 5.01 Å². The summed E-state index contributed by atoms with van der Waals surface area (Å²) in [5, 5.41) is 15.4. The molecule has 3 atom stereocenters. The Kier molecular flexibility index (Phi) is 5.83. The second-order valence-corrected chi connectivity index (χ2v) is 10.6. The maximum absolute atomic E-state index is 14.3. The van der Waals surface area contributed by atoms with Gasteiger partial charge in [-0.15, -0.1) is 0 Å². The van der Waals surface area contributed by atoms with E-state index in [2.05, 4.69) is 5.10 Å². The molecule has 172 valence electrons. The minimum atomic E-state index is -5.03. The van der Waals surface area contributed by atoms with Crippen LogP contribution in [-0.4, -0.2) is 33.6 Å². The smallest absolute Gasteiger partial charge is 0.362 e. The normalized spacial score (nSPS) is 27.2. The van der Waals surface area contributed by atoms with Crippen LogP contribution in [0.3, 0.4) is 0 Å². The molecule has 1 aromatic rings. The zero-order valence-corrected chi connectivity index (χ0v) is 19.2. The van der Waals surface area contributed by atoms with Crippen LogP contribution in [-0.2, 0) is 5.41 Å². The number of hydrogen-bond donors (Lipinski definition) is 1. The zero-order valence-electron chi connectivity index (χ0n) is 19.2. The number of alkyl halides is 3. The number of carbonyl (C=O) groups is 1. The van der Waals surface area contributed by atoms with Crippen molar-refractivity contribution >= 4 is 11.6 Å². The number of hydrogen-bond acceptors (Lipinski definition) is 3. The Labute approximate surface area is 182 Å². The Morgan fingerprint density at radius 2 is 1.74 bits per heavy atom. The third-order valence-electron chi connectivity index (χ3n) is 7.33. The van der Waals surface area contributed by atoms with Gasteiger partial charge in [-0.25, -0.2) is 0 Å². The van der Waals surface area contributed by atoms with E-state index in [0.29, 0.717) is 17.9 Å². The first-order chi connectivity index (χ1) is 14.1. The van der Waals surface area contributed by atoms with Crippen LogP contribution in [0.25, 0.3) is 0 Å². The van der Waals surface area contributed by atoms with Crippen molar-refractivity contribution in [1.29, 1.82) is 0 Å². The van der Waals surface area contributed by atoms with Gasteiger partial charge in [-0.05, 0) is 53.7 Å². The van der Waals surface area contributed by atoms with Crippen molar-refractivity contribution in [2.24, 2.45) is 22.4 Å². The average Bonchev–Trinajstić information content (AvgIpc) is 3.00. The molecule has 0 bridgehead atoms. The van der Waals surface area contributed by atoms with Gasteiger partial charge in [0.2, 0.25) is 0 Å². The first-order valence-electron chi connectivity index (χ1n) is 10.9. The van der Waals surface area contributed by atoms with Crippen molar-refractivity contribution in [3.63, 3.8) is 0 Å². The summed E-state index contributed by atoms with van der Waals surface area (Å²) in [6.45, 7) is 12.1. The van der Waals surface area contributed by atoms with E-state index in [1.807, 2.05) is 41.5 Å². The molecule has 1 heterocycles. The lowest BCUT2D eigenvalue weighted by Crippen LogP contribution is -2.62. The summed E-state index contributed by atoms with van der Waals surface area (Å²) in [6, 6.07) is 6.47. The average molecular weight is 439 g/mol. The first kappa shape index (κ1) is 23.8. The fraction of sp³-hybridized carbons (Fsp3) is 0.667. The van der Waals surface area contributed by atoms with Gasteiger partial charge in [-0.3, -0.25) is 4.79 Å². The van der Waals surface area contributed by atoms with E-state index in [4.69, 9.17) is 0 Å². The number of rotatable bonds is 3. The monoisotopic (exact) mass is 438 g/mol. The number of carbonyl (C=O) groups excluding carboxylic acids is 1. The van der Waals surface area contributed by atoms with Crippen LogP contribution in [0.1, 0.15) is 83.1 Å². The van der Waals surface area contributed by atoms with Crippen LogP contribution >= 0.6 is 0 Å². The van der Waals surface area contributed by atoms with Crippen LogP contribution in [0.2, 0.25) is 0 Å². The predicted molar refractivity (Wildman–Crippen MR) is 115 cm³/mol. The largest absolute Gasteiger partial charge is 0.439 e. The zero-order chi connectivity index (χ0) is 23.4. The Hall–Kier alpha value is -1.89. The van der Waals surface area contributed by atoms with E-state index in [1.54, 1.807) is 12.1 Å². The van der Waals surface area contributed by atoms with Gasteiger partial charge >= 0.3 is 6.18 Å². The SMILES string of the molecule is CCC(C)(C)[C@@H]1CCC2=NN(C(=O)c3ccc(C(C)(C)C)cc3)[C@](O)(C(F)(F)F)[C@@H]2C1. The van der Waals surface area contributed by atoms with Crippen LogP contribution in [0, 0.1) is 17.3 Å². The van der Waals surface area contributed by atoms with E-state index in [0.717, 1.165) is 12.0 Å². The lowest BCUT2D eigenvalue weighted by Gasteiger charge is -2.43. The van der Waals surface area contributed by atoms with Gasteiger partial charge in [0.15, 0.2) is 0 Å². The van der Waals surface area contributed by atoms with E-state index in [-0.39, 0.29) is 34.4 Å². The van der Waals surface area contributed by atoms with E-state index in [1.165, 1.54) is 12.1 Å². The van der Waals surface area contributed by atoms with Crippen molar-refractivity contribution in [3.05, 3.63) is 35.4 Å². The van der Waals surface area contributed by atoms with Gasteiger partial charge in [-0.1, -0.05) is 60.1 Å². The molecule has 2 aliphatic rings. The predicted octanol–water partition coefficient (Wildman–Crippen LogP) is 5.90.